The van der Waals surface area contributed by atoms with Crippen molar-refractivity contribution in [1.82, 2.24) is 14.5 Å². The summed E-state index contributed by atoms with van der Waals surface area (Å²) < 4.78 is 16.1. The van der Waals surface area contributed by atoms with Gasteiger partial charge in [0.15, 0.2) is 0 Å². The first-order valence-electron chi connectivity index (χ1n) is 6.48. The van der Waals surface area contributed by atoms with Crippen LogP contribution in [0.5, 0.6) is 0 Å². The Kier molecular flexibility index (Phi) is 4.22. The number of alkyl halides is 1. The zero-order chi connectivity index (χ0) is 14.8. The van der Waals surface area contributed by atoms with Gasteiger partial charge in [0.1, 0.15) is 11.6 Å². The summed E-state index contributed by atoms with van der Waals surface area (Å²) in [4.78, 5) is 8.41. The van der Waals surface area contributed by atoms with Crippen molar-refractivity contribution in [2.24, 2.45) is 0 Å². The summed E-state index contributed by atoms with van der Waals surface area (Å²) in [5.74, 6) is 0.727. The second kappa shape index (κ2) is 6.12. The van der Waals surface area contributed by atoms with Crippen molar-refractivity contribution < 1.29 is 4.39 Å². The first kappa shape index (κ1) is 14.5. The Bertz CT molecular complexity index is 773. The van der Waals surface area contributed by atoms with Crippen LogP contribution in [-0.4, -0.2) is 14.5 Å². The Morgan fingerprint density at radius 2 is 2.00 bits per heavy atom. The molecule has 2 heterocycles. The summed E-state index contributed by atoms with van der Waals surface area (Å²) in [6.07, 6.45) is 4.39. The molecule has 2 aromatic heterocycles. The first-order valence-corrected chi connectivity index (χ1v) is 7.81. The Morgan fingerprint density at radius 3 is 2.71 bits per heavy atom. The largest absolute Gasteiger partial charge is 0.327 e. The van der Waals surface area contributed by atoms with Crippen LogP contribution in [0.4, 0.5) is 4.39 Å². The average Bonchev–Trinajstić information content (AvgIpc) is 2.83. The number of aromatic nitrogens is 3. The molecule has 0 spiro atoms. The summed E-state index contributed by atoms with van der Waals surface area (Å²) in [6.45, 7) is 0.737. The number of halogens is 3. The molecule has 21 heavy (non-hydrogen) atoms. The van der Waals surface area contributed by atoms with E-state index in [1.807, 2.05) is 16.7 Å². The molecule has 0 saturated carbocycles. The fourth-order valence-corrected chi connectivity index (χ4v) is 2.85. The highest BCUT2D eigenvalue weighted by atomic mass is 79.9. The van der Waals surface area contributed by atoms with Gasteiger partial charge >= 0.3 is 0 Å². The molecule has 3 nitrogen and oxygen atoms in total. The zero-order valence-corrected chi connectivity index (χ0v) is 13.4. The number of pyridine rings is 1. The van der Waals surface area contributed by atoms with Gasteiger partial charge in [-0.05, 0) is 46.1 Å². The van der Waals surface area contributed by atoms with E-state index in [-0.39, 0.29) is 5.82 Å². The van der Waals surface area contributed by atoms with Gasteiger partial charge in [0.25, 0.3) is 0 Å². The number of imidazole rings is 1. The van der Waals surface area contributed by atoms with Crippen LogP contribution in [0.2, 0.25) is 0 Å². The Balaban J connectivity index is 1.98. The van der Waals surface area contributed by atoms with Crippen LogP contribution in [0.25, 0.3) is 11.0 Å². The van der Waals surface area contributed by atoms with Crippen molar-refractivity contribution in [1.29, 1.82) is 0 Å². The molecule has 0 aliphatic carbocycles. The van der Waals surface area contributed by atoms with Gasteiger partial charge in [-0.1, -0.05) is 0 Å². The molecule has 3 rings (SSSR count). The van der Waals surface area contributed by atoms with Gasteiger partial charge in [0.05, 0.1) is 21.4 Å². The van der Waals surface area contributed by atoms with Gasteiger partial charge in [-0.25, -0.2) is 9.37 Å². The lowest BCUT2D eigenvalue weighted by molar-refractivity contribution is 0.622. The van der Waals surface area contributed by atoms with Crippen molar-refractivity contribution in [3.63, 3.8) is 0 Å². The quantitative estimate of drug-likeness (QED) is 0.642. The monoisotopic (exact) mass is 367 g/mol. The van der Waals surface area contributed by atoms with Crippen LogP contribution < -0.4 is 0 Å². The van der Waals surface area contributed by atoms with E-state index in [9.17, 15) is 4.39 Å². The van der Waals surface area contributed by atoms with Crippen LogP contribution in [0.1, 0.15) is 11.4 Å². The molecule has 0 bridgehead atoms. The third-order valence-electron chi connectivity index (χ3n) is 3.36. The minimum Gasteiger partial charge on any atom is -0.327 e. The minimum atomic E-state index is -0.317. The molecule has 108 valence electrons. The lowest BCUT2D eigenvalue weighted by Crippen LogP contribution is -2.05. The molecule has 1 aromatic carbocycles. The molecule has 0 N–H and O–H groups in total. The molecule has 0 radical (unpaired) electrons. The van der Waals surface area contributed by atoms with Gasteiger partial charge in [-0.2, -0.15) is 0 Å². The number of aryl methyl sites for hydroxylation is 2. The maximum Gasteiger partial charge on any atom is 0.139 e. The average molecular weight is 369 g/mol. The number of fused-ring (bicyclic) bond motifs is 1. The van der Waals surface area contributed by atoms with Gasteiger partial charge in [-0.15, -0.1) is 11.6 Å². The van der Waals surface area contributed by atoms with Crippen LogP contribution in [0.15, 0.2) is 41.1 Å². The maximum absolute atomic E-state index is 13.6. The van der Waals surface area contributed by atoms with Crippen molar-refractivity contribution >= 4 is 38.6 Å². The third kappa shape index (κ3) is 2.94. The Morgan fingerprint density at radius 1 is 1.24 bits per heavy atom. The van der Waals surface area contributed by atoms with Crippen molar-refractivity contribution in [2.45, 2.75) is 18.8 Å². The van der Waals surface area contributed by atoms with Gasteiger partial charge in [0, 0.05) is 25.0 Å². The van der Waals surface area contributed by atoms with E-state index in [1.165, 1.54) is 11.6 Å². The van der Waals surface area contributed by atoms with Crippen LogP contribution in [0, 0.1) is 5.82 Å². The second-order valence-corrected chi connectivity index (χ2v) is 5.80. The Hall–Kier alpha value is -1.46. The number of hydrogen-bond donors (Lipinski definition) is 0. The van der Waals surface area contributed by atoms with E-state index in [1.54, 1.807) is 18.5 Å². The lowest BCUT2D eigenvalue weighted by Gasteiger charge is -2.08. The highest BCUT2D eigenvalue weighted by molar-refractivity contribution is 9.10. The first-order chi connectivity index (χ1) is 10.2. The molecular formula is C15H12BrClFN3. The third-order valence-corrected chi connectivity index (χ3v) is 4.21. The van der Waals surface area contributed by atoms with Gasteiger partial charge in [0.2, 0.25) is 0 Å². The van der Waals surface area contributed by atoms with E-state index in [4.69, 9.17) is 11.6 Å². The number of rotatable bonds is 4. The number of nitrogens with zero attached hydrogens (tertiary/aromatic N) is 3. The summed E-state index contributed by atoms with van der Waals surface area (Å²) in [6, 6.07) is 7.14. The topological polar surface area (TPSA) is 30.7 Å². The molecule has 0 unspecified atom stereocenters. The summed E-state index contributed by atoms with van der Waals surface area (Å²) in [5, 5.41) is 0. The van der Waals surface area contributed by atoms with E-state index in [2.05, 4.69) is 25.9 Å². The molecule has 0 aliphatic heterocycles. The fourth-order valence-electron chi connectivity index (χ4n) is 2.31. The normalized spacial score (nSPS) is 11.2. The molecule has 6 heteroatoms. The van der Waals surface area contributed by atoms with Crippen LogP contribution in [-0.2, 0) is 18.8 Å². The fraction of sp³-hybridized carbons (Fsp3) is 0.200. The number of benzene rings is 1. The Labute approximate surface area is 134 Å². The summed E-state index contributed by atoms with van der Waals surface area (Å²) in [5.41, 5.74) is 2.70. The van der Waals surface area contributed by atoms with E-state index in [0.29, 0.717) is 15.9 Å². The van der Waals surface area contributed by atoms with Crippen molar-refractivity contribution in [3.05, 3.63) is 58.3 Å². The van der Waals surface area contributed by atoms with Crippen molar-refractivity contribution in [3.8, 4) is 0 Å². The molecule has 3 aromatic rings. The minimum absolute atomic E-state index is 0.296. The predicted octanol–water partition coefficient (Wildman–Crippen LogP) is 4.31. The molecule has 0 fully saturated rings. The lowest BCUT2D eigenvalue weighted by atomic mass is 10.2. The molecule has 0 saturated heterocycles. The highest BCUT2D eigenvalue weighted by Gasteiger charge is 2.12. The summed E-state index contributed by atoms with van der Waals surface area (Å²) in [7, 11) is 0. The van der Waals surface area contributed by atoms with Crippen LogP contribution >= 0.6 is 27.5 Å². The second-order valence-electron chi connectivity index (χ2n) is 4.67. The van der Waals surface area contributed by atoms with Crippen LogP contribution in [0.3, 0.4) is 0 Å². The number of hydrogen-bond acceptors (Lipinski definition) is 2. The standard InChI is InChI=1S/C15H12BrClFN3/c16-11-7-14-13(8-12(11)18)20-15(9-17)21(14)6-3-10-1-4-19-5-2-10/h1-2,4-5,7-8H,3,6,9H2. The maximum atomic E-state index is 13.6. The zero-order valence-electron chi connectivity index (χ0n) is 11.1. The highest BCUT2D eigenvalue weighted by Crippen LogP contribution is 2.25. The van der Waals surface area contributed by atoms with Gasteiger partial charge < -0.3 is 4.57 Å². The van der Waals surface area contributed by atoms with E-state index < -0.39 is 0 Å². The predicted molar refractivity (Wildman–Crippen MR) is 84.9 cm³/mol. The SMILES string of the molecule is Fc1cc2nc(CCl)n(CCc3ccncc3)c2cc1Br. The van der Waals surface area contributed by atoms with E-state index >= 15 is 0 Å². The molecule has 0 amide bonds. The van der Waals surface area contributed by atoms with Crippen molar-refractivity contribution in [2.75, 3.05) is 0 Å². The summed E-state index contributed by atoms with van der Waals surface area (Å²) >= 11 is 9.19. The van der Waals surface area contributed by atoms with E-state index in [0.717, 1.165) is 24.3 Å². The van der Waals surface area contributed by atoms with Gasteiger partial charge in [-0.3, -0.25) is 4.98 Å². The molecule has 0 aliphatic rings. The molecule has 0 atom stereocenters. The molecular weight excluding hydrogens is 357 g/mol. The smallest absolute Gasteiger partial charge is 0.139 e.